The number of aromatic nitrogens is 1. The third kappa shape index (κ3) is 4.40. The quantitative estimate of drug-likeness (QED) is 0.249. The van der Waals surface area contributed by atoms with Crippen LogP contribution in [-0.4, -0.2) is 46.5 Å². The Balaban J connectivity index is 2.68. The van der Waals surface area contributed by atoms with E-state index in [1.54, 1.807) is 12.1 Å². The summed E-state index contributed by atoms with van der Waals surface area (Å²) in [7, 11) is 1.29. The Bertz CT molecular complexity index is 807. The van der Waals surface area contributed by atoms with E-state index in [0.29, 0.717) is 57.6 Å². The summed E-state index contributed by atoms with van der Waals surface area (Å²) in [6, 6.07) is 3.44. The van der Waals surface area contributed by atoms with Crippen LogP contribution >= 0.6 is 15.9 Å². The van der Waals surface area contributed by atoms with Gasteiger partial charge in [0.05, 0.1) is 31.4 Å². The van der Waals surface area contributed by atoms with E-state index in [1.165, 1.54) is 7.11 Å². The number of nitrogens with one attached hydrogen (secondary N) is 2. The van der Waals surface area contributed by atoms with Gasteiger partial charge in [-0.05, 0) is 38.2 Å². The predicted molar refractivity (Wildman–Crippen MR) is 104 cm³/mol. The average Bonchev–Trinajstić information content (AvgIpc) is 3.02. The van der Waals surface area contributed by atoms with Gasteiger partial charge >= 0.3 is 5.97 Å². The average molecular weight is 442 g/mol. The Morgan fingerprint density at radius 2 is 1.93 bits per heavy atom. The molecule has 148 valence electrons. The summed E-state index contributed by atoms with van der Waals surface area (Å²) in [5.74, 6) is -0.534. The number of benzene rings is 1. The highest BCUT2D eigenvalue weighted by molar-refractivity contribution is 9.10. The van der Waals surface area contributed by atoms with Crippen LogP contribution in [0.2, 0.25) is 0 Å². The van der Waals surface area contributed by atoms with Crippen molar-refractivity contribution in [2.75, 3.05) is 20.2 Å². The molecule has 1 aromatic carbocycles. The SMILES string of the molecule is COC(=O)c1[nH]c(CNCCN)c(-c2ccc(CO)c(CO)c2CO)c1Br. The molecule has 2 aromatic rings. The normalized spacial score (nSPS) is 11.0. The van der Waals surface area contributed by atoms with E-state index in [4.69, 9.17) is 10.5 Å². The number of aromatic amines is 1. The minimum absolute atomic E-state index is 0.248. The van der Waals surface area contributed by atoms with E-state index in [0.717, 1.165) is 0 Å². The topological polar surface area (TPSA) is 141 Å². The van der Waals surface area contributed by atoms with Crippen LogP contribution in [0, 0.1) is 0 Å². The summed E-state index contributed by atoms with van der Waals surface area (Å²) in [4.78, 5) is 15.2. The molecule has 27 heavy (non-hydrogen) atoms. The van der Waals surface area contributed by atoms with Crippen molar-refractivity contribution in [2.24, 2.45) is 5.73 Å². The molecule has 2 rings (SSSR count). The van der Waals surface area contributed by atoms with Crippen LogP contribution < -0.4 is 11.1 Å². The summed E-state index contributed by atoms with van der Waals surface area (Å²) < 4.78 is 5.32. The van der Waals surface area contributed by atoms with Crippen LogP contribution in [0.5, 0.6) is 0 Å². The zero-order valence-electron chi connectivity index (χ0n) is 15.0. The van der Waals surface area contributed by atoms with Gasteiger partial charge in [-0.1, -0.05) is 12.1 Å². The minimum Gasteiger partial charge on any atom is -0.464 e. The lowest BCUT2D eigenvalue weighted by molar-refractivity contribution is 0.0593. The maximum atomic E-state index is 12.1. The summed E-state index contributed by atoms with van der Waals surface area (Å²) in [6.07, 6.45) is 0. The first-order valence-electron chi connectivity index (χ1n) is 8.39. The molecule has 1 heterocycles. The molecular formula is C18H24BrN3O5. The number of hydrogen-bond donors (Lipinski definition) is 6. The number of methoxy groups -OCH3 is 1. The second-order valence-electron chi connectivity index (χ2n) is 5.83. The number of ether oxygens (including phenoxy) is 1. The summed E-state index contributed by atoms with van der Waals surface area (Å²) in [6.45, 7) is 0.538. The van der Waals surface area contributed by atoms with Gasteiger partial charge in [0.1, 0.15) is 5.69 Å². The fourth-order valence-electron chi connectivity index (χ4n) is 3.00. The van der Waals surface area contributed by atoms with Gasteiger partial charge in [0, 0.05) is 30.9 Å². The molecule has 0 saturated carbocycles. The molecule has 0 amide bonds. The second-order valence-corrected chi connectivity index (χ2v) is 6.62. The molecular weight excluding hydrogens is 418 g/mol. The number of esters is 1. The highest BCUT2D eigenvalue weighted by atomic mass is 79.9. The molecule has 0 bridgehead atoms. The fourth-order valence-corrected chi connectivity index (χ4v) is 3.71. The van der Waals surface area contributed by atoms with Gasteiger partial charge in [-0.2, -0.15) is 0 Å². The number of rotatable bonds is 9. The molecule has 0 spiro atoms. The van der Waals surface area contributed by atoms with Crippen molar-refractivity contribution >= 4 is 21.9 Å². The van der Waals surface area contributed by atoms with Crippen LogP contribution in [0.1, 0.15) is 32.9 Å². The highest BCUT2D eigenvalue weighted by Gasteiger charge is 2.25. The van der Waals surface area contributed by atoms with Crippen LogP contribution in [-0.2, 0) is 31.1 Å². The molecule has 0 saturated heterocycles. The molecule has 9 heteroatoms. The molecule has 7 N–H and O–H groups in total. The molecule has 0 aliphatic carbocycles. The Hall–Kier alpha value is -1.75. The van der Waals surface area contributed by atoms with Crippen molar-refractivity contribution in [3.63, 3.8) is 0 Å². The molecule has 0 unspecified atom stereocenters. The summed E-state index contributed by atoms with van der Waals surface area (Å²) in [5.41, 5.74) is 9.26. The molecule has 0 radical (unpaired) electrons. The van der Waals surface area contributed by atoms with Gasteiger partial charge in [0.2, 0.25) is 0 Å². The standard InChI is InChI=1S/C18H24BrN3O5/c1-27-18(26)17-16(19)15(14(22-17)6-21-5-4-20)11-3-2-10(7-23)12(8-24)13(11)9-25/h2-3,21-25H,4-9,20H2,1H3. The zero-order chi connectivity index (χ0) is 20.0. The number of carbonyl (C=O) groups excluding carboxylic acids is 1. The number of carbonyl (C=O) groups is 1. The largest absolute Gasteiger partial charge is 0.464 e. The number of hydrogen-bond acceptors (Lipinski definition) is 7. The molecule has 0 fully saturated rings. The van der Waals surface area contributed by atoms with Crippen molar-refractivity contribution in [3.8, 4) is 11.1 Å². The molecule has 0 aliphatic rings. The lowest BCUT2D eigenvalue weighted by atomic mass is 9.92. The maximum Gasteiger partial charge on any atom is 0.355 e. The van der Waals surface area contributed by atoms with E-state index in [1.807, 2.05) is 0 Å². The van der Waals surface area contributed by atoms with E-state index in [9.17, 15) is 20.1 Å². The van der Waals surface area contributed by atoms with Crippen molar-refractivity contribution in [1.82, 2.24) is 10.3 Å². The van der Waals surface area contributed by atoms with Gasteiger partial charge in [0.25, 0.3) is 0 Å². The van der Waals surface area contributed by atoms with Gasteiger partial charge in [-0.15, -0.1) is 0 Å². The lowest BCUT2D eigenvalue weighted by Gasteiger charge is -2.16. The van der Waals surface area contributed by atoms with E-state index >= 15 is 0 Å². The van der Waals surface area contributed by atoms with Crippen molar-refractivity contribution in [1.29, 1.82) is 0 Å². The molecule has 0 aliphatic heterocycles. The van der Waals surface area contributed by atoms with E-state index < -0.39 is 5.97 Å². The van der Waals surface area contributed by atoms with E-state index in [-0.39, 0.29) is 25.5 Å². The molecule has 0 atom stereocenters. The highest BCUT2D eigenvalue weighted by Crippen LogP contribution is 2.39. The van der Waals surface area contributed by atoms with Crippen LogP contribution in [0.3, 0.4) is 0 Å². The Morgan fingerprint density at radius 1 is 1.22 bits per heavy atom. The Labute approximate surface area is 165 Å². The van der Waals surface area contributed by atoms with Crippen LogP contribution in [0.25, 0.3) is 11.1 Å². The number of nitrogens with two attached hydrogens (primary N) is 1. The molecule has 1 aromatic heterocycles. The van der Waals surface area contributed by atoms with Gasteiger partial charge in [0.15, 0.2) is 0 Å². The number of aliphatic hydroxyl groups excluding tert-OH is 3. The number of H-pyrrole nitrogens is 1. The zero-order valence-corrected chi connectivity index (χ0v) is 16.6. The maximum absolute atomic E-state index is 12.1. The van der Waals surface area contributed by atoms with Gasteiger partial charge in [-0.25, -0.2) is 4.79 Å². The smallest absolute Gasteiger partial charge is 0.355 e. The predicted octanol–water partition coefficient (Wildman–Crippen LogP) is 0.756. The monoisotopic (exact) mass is 441 g/mol. The first-order chi connectivity index (χ1) is 13.0. The Kier molecular flexibility index (Phi) is 7.96. The van der Waals surface area contributed by atoms with Crippen molar-refractivity contribution in [2.45, 2.75) is 26.4 Å². The lowest BCUT2D eigenvalue weighted by Crippen LogP contribution is -2.22. The third-order valence-corrected chi connectivity index (χ3v) is 5.11. The molecule has 8 nitrogen and oxygen atoms in total. The van der Waals surface area contributed by atoms with Gasteiger partial charge < -0.3 is 36.1 Å². The minimum atomic E-state index is -0.534. The Morgan fingerprint density at radius 3 is 2.48 bits per heavy atom. The first kappa shape index (κ1) is 21.5. The van der Waals surface area contributed by atoms with Crippen LogP contribution in [0.4, 0.5) is 0 Å². The first-order valence-corrected chi connectivity index (χ1v) is 9.19. The van der Waals surface area contributed by atoms with Crippen molar-refractivity contribution < 1.29 is 24.9 Å². The second kappa shape index (κ2) is 9.98. The van der Waals surface area contributed by atoms with Gasteiger partial charge in [-0.3, -0.25) is 0 Å². The summed E-state index contributed by atoms with van der Waals surface area (Å²) in [5, 5.41) is 32.3. The van der Waals surface area contributed by atoms with E-state index in [2.05, 4.69) is 26.2 Å². The number of halogens is 1. The number of aliphatic hydroxyl groups is 3. The fraction of sp³-hybridized carbons (Fsp3) is 0.389. The van der Waals surface area contributed by atoms with Crippen LogP contribution in [0.15, 0.2) is 16.6 Å². The summed E-state index contributed by atoms with van der Waals surface area (Å²) >= 11 is 3.46. The van der Waals surface area contributed by atoms with Crippen molar-refractivity contribution in [3.05, 3.63) is 44.7 Å². The third-order valence-electron chi connectivity index (χ3n) is 4.31.